The Bertz CT molecular complexity index is 667. The summed E-state index contributed by atoms with van der Waals surface area (Å²) in [4.78, 5) is 0. The van der Waals surface area contributed by atoms with Gasteiger partial charge in [0, 0.05) is 23.9 Å². The van der Waals surface area contributed by atoms with Gasteiger partial charge in [0.1, 0.15) is 0 Å². The zero-order chi connectivity index (χ0) is 17.0. The van der Waals surface area contributed by atoms with E-state index in [2.05, 4.69) is 5.32 Å². The normalized spacial score (nSPS) is 11.7. The summed E-state index contributed by atoms with van der Waals surface area (Å²) in [5.74, 6) is -0.241. The summed E-state index contributed by atoms with van der Waals surface area (Å²) >= 11 is 0. The lowest BCUT2D eigenvalue weighted by Gasteiger charge is -2.19. The maximum absolute atomic E-state index is 13.4. The zero-order valence-corrected chi connectivity index (χ0v) is 13.4. The lowest BCUT2D eigenvalue weighted by Crippen LogP contribution is -2.08. The van der Waals surface area contributed by atoms with Crippen molar-refractivity contribution in [3.05, 3.63) is 47.5 Å². The molecule has 0 aliphatic carbocycles. The van der Waals surface area contributed by atoms with Gasteiger partial charge in [0.15, 0.2) is 23.1 Å². The Balaban J connectivity index is 2.29. The molecule has 6 heteroatoms. The second-order valence-corrected chi connectivity index (χ2v) is 4.95. The van der Waals surface area contributed by atoms with Crippen LogP contribution in [0.1, 0.15) is 18.5 Å². The summed E-state index contributed by atoms with van der Waals surface area (Å²) in [6.45, 7) is 1.84. The van der Waals surface area contributed by atoms with Crippen LogP contribution in [0.15, 0.2) is 30.3 Å². The van der Waals surface area contributed by atoms with Crippen LogP contribution in [0.5, 0.6) is 17.2 Å². The SMILES string of the molecule is COc1cc(NC(C)c2ccc(F)c(F)c2)cc(OC)c1OC. The molecule has 2 aromatic rings. The second-order valence-electron chi connectivity index (χ2n) is 4.95. The van der Waals surface area contributed by atoms with Gasteiger partial charge in [-0.3, -0.25) is 0 Å². The van der Waals surface area contributed by atoms with Crippen molar-refractivity contribution in [2.24, 2.45) is 0 Å². The summed E-state index contributed by atoms with van der Waals surface area (Å²) in [6.07, 6.45) is 0. The molecule has 0 amide bonds. The molecule has 2 aromatic carbocycles. The fourth-order valence-electron chi connectivity index (χ4n) is 2.28. The molecule has 1 N–H and O–H groups in total. The van der Waals surface area contributed by atoms with E-state index in [4.69, 9.17) is 14.2 Å². The van der Waals surface area contributed by atoms with Gasteiger partial charge < -0.3 is 19.5 Å². The molecule has 4 nitrogen and oxygen atoms in total. The first-order valence-corrected chi connectivity index (χ1v) is 7.01. The highest BCUT2D eigenvalue weighted by atomic mass is 19.2. The van der Waals surface area contributed by atoms with Gasteiger partial charge in [0.05, 0.1) is 21.3 Å². The third-order valence-corrected chi connectivity index (χ3v) is 3.49. The number of hydrogen-bond donors (Lipinski definition) is 1. The van der Waals surface area contributed by atoms with Gasteiger partial charge in [-0.1, -0.05) is 6.07 Å². The quantitative estimate of drug-likeness (QED) is 0.866. The van der Waals surface area contributed by atoms with Crippen molar-refractivity contribution < 1.29 is 23.0 Å². The van der Waals surface area contributed by atoms with E-state index < -0.39 is 11.6 Å². The molecule has 0 aliphatic rings. The lowest BCUT2D eigenvalue weighted by molar-refractivity contribution is 0.324. The third-order valence-electron chi connectivity index (χ3n) is 3.49. The fraction of sp³-hybridized carbons (Fsp3) is 0.294. The van der Waals surface area contributed by atoms with Crippen molar-refractivity contribution in [2.75, 3.05) is 26.6 Å². The number of methoxy groups -OCH3 is 3. The molecular formula is C17H19F2NO3. The maximum atomic E-state index is 13.4. The van der Waals surface area contributed by atoms with Gasteiger partial charge in [-0.15, -0.1) is 0 Å². The number of ether oxygens (including phenoxy) is 3. The molecule has 0 aliphatic heterocycles. The predicted octanol–water partition coefficient (Wildman–Crippen LogP) is 4.16. The van der Waals surface area contributed by atoms with Crippen LogP contribution >= 0.6 is 0 Å². The van der Waals surface area contributed by atoms with Gasteiger partial charge in [0.25, 0.3) is 0 Å². The van der Waals surface area contributed by atoms with Crippen LogP contribution in [-0.4, -0.2) is 21.3 Å². The third kappa shape index (κ3) is 3.64. The number of nitrogens with one attached hydrogen (secondary N) is 1. The first-order chi connectivity index (χ1) is 11.0. The minimum absolute atomic E-state index is 0.243. The molecule has 1 unspecified atom stereocenters. The van der Waals surface area contributed by atoms with Gasteiger partial charge in [-0.2, -0.15) is 0 Å². The van der Waals surface area contributed by atoms with Gasteiger partial charge in [-0.05, 0) is 24.6 Å². The molecule has 1 atom stereocenters. The van der Waals surface area contributed by atoms with Crippen LogP contribution in [0.25, 0.3) is 0 Å². The first kappa shape index (κ1) is 16.9. The Morgan fingerprint density at radius 1 is 0.870 bits per heavy atom. The second kappa shape index (κ2) is 7.17. The van der Waals surface area contributed by atoms with E-state index in [1.54, 1.807) is 12.1 Å². The van der Waals surface area contributed by atoms with E-state index in [-0.39, 0.29) is 6.04 Å². The Morgan fingerprint density at radius 3 is 1.96 bits per heavy atom. The number of benzene rings is 2. The zero-order valence-electron chi connectivity index (χ0n) is 13.4. The molecule has 0 heterocycles. The largest absolute Gasteiger partial charge is 0.493 e. The standard InChI is InChI=1S/C17H19F2NO3/c1-10(11-5-6-13(18)14(19)7-11)20-12-8-15(21-2)17(23-4)16(9-12)22-3/h5-10,20H,1-4H3. The van der Waals surface area contributed by atoms with E-state index in [0.717, 1.165) is 6.07 Å². The van der Waals surface area contributed by atoms with E-state index in [0.29, 0.717) is 28.5 Å². The molecule has 0 aromatic heterocycles. The number of hydrogen-bond acceptors (Lipinski definition) is 4. The van der Waals surface area contributed by atoms with E-state index in [1.807, 2.05) is 6.92 Å². The molecule has 0 saturated carbocycles. The topological polar surface area (TPSA) is 39.7 Å². The minimum atomic E-state index is -0.874. The number of rotatable bonds is 6. The maximum Gasteiger partial charge on any atom is 0.203 e. The summed E-state index contributed by atoms with van der Waals surface area (Å²) < 4.78 is 42.2. The molecular weight excluding hydrogens is 304 g/mol. The molecule has 0 radical (unpaired) electrons. The summed E-state index contributed by atoms with van der Waals surface area (Å²) in [5, 5.41) is 3.20. The highest BCUT2D eigenvalue weighted by Crippen LogP contribution is 2.40. The Hall–Kier alpha value is -2.50. The molecule has 23 heavy (non-hydrogen) atoms. The lowest BCUT2D eigenvalue weighted by atomic mass is 10.1. The average molecular weight is 323 g/mol. The number of halogens is 2. The predicted molar refractivity (Wildman–Crippen MR) is 84.5 cm³/mol. The van der Waals surface area contributed by atoms with Crippen LogP contribution < -0.4 is 19.5 Å². The van der Waals surface area contributed by atoms with Crippen molar-refractivity contribution in [1.82, 2.24) is 0 Å². The summed E-state index contributed by atoms with van der Waals surface area (Å²) in [6, 6.07) is 7.07. The molecule has 0 spiro atoms. The monoisotopic (exact) mass is 323 g/mol. The smallest absolute Gasteiger partial charge is 0.203 e. The summed E-state index contributed by atoms with van der Waals surface area (Å²) in [5.41, 5.74) is 1.33. The van der Waals surface area contributed by atoms with Crippen molar-refractivity contribution in [3.63, 3.8) is 0 Å². The van der Waals surface area contributed by atoms with Crippen molar-refractivity contribution in [2.45, 2.75) is 13.0 Å². The van der Waals surface area contributed by atoms with E-state index in [9.17, 15) is 8.78 Å². The fourth-order valence-corrected chi connectivity index (χ4v) is 2.28. The van der Waals surface area contributed by atoms with E-state index in [1.165, 1.54) is 33.5 Å². The Kier molecular flexibility index (Phi) is 5.26. The molecule has 0 fully saturated rings. The Labute approximate surface area is 134 Å². The minimum Gasteiger partial charge on any atom is -0.493 e. The number of anilines is 1. The molecule has 2 rings (SSSR count). The van der Waals surface area contributed by atoms with Gasteiger partial charge >= 0.3 is 0 Å². The van der Waals surface area contributed by atoms with Crippen molar-refractivity contribution >= 4 is 5.69 Å². The Morgan fingerprint density at radius 2 is 1.48 bits per heavy atom. The van der Waals surface area contributed by atoms with E-state index >= 15 is 0 Å². The average Bonchev–Trinajstić information content (AvgIpc) is 2.56. The van der Waals surface area contributed by atoms with Crippen molar-refractivity contribution in [3.8, 4) is 17.2 Å². The van der Waals surface area contributed by atoms with Crippen molar-refractivity contribution in [1.29, 1.82) is 0 Å². The van der Waals surface area contributed by atoms with Crippen LogP contribution in [0.4, 0.5) is 14.5 Å². The highest BCUT2D eigenvalue weighted by molar-refractivity contribution is 5.63. The summed E-state index contributed by atoms with van der Waals surface area (Å²) in [7, 11) is 4.58. The highest BCUT2D eigenvalue weighted by Gasteiger charge is 2.15. The molecule has 0 saturated heterocycles. The van der Waals surface area contributed by atoms with Crippen LogP contribution in [0.3, 0.4) is 0 Å². The molecule has 0 bridgehead atoms. The molecule has 124 valence electrons. The van der Waals surface area contributed by atoms with Crippen LogP contribution in [0, 0.1) is 11.6 Å². The van der Waals surface area contributed by atoms with Gasteiger partial charge in [0.2, 0.25) is 5.75 Å². The first-order valence-electron chi connectivity index (χ1n) is 7.01. The van der Waals surface area contributed by atoms with Crippen LogP contribution in [0.2, 0.25) is 0 Å². The van der Waals surface area contributed by atoms with Crippen LogP contribution in [-0.2, 0) is 0 Å². The van der Waals surface area contributed by atoms with Gasteiger partial charge in [-0.25, -0.2) is 8.78 Å².